The van der Waals surface area contributed by atoms with Crippen molar-refractivity contribution in [3.63, 3.8) is 0 Å². The van der Waals surface area contributed by atoms with E-state index in [4.69, 9.17) is 18.9 Å². The molecule has 35 heavy (non-hydrogen) atoms. The molecule has 7 nitrogen and oxygen atoms in total. The van der Waals surface area contributed by atoms with Crippen LogP contribution in [-0.2, 0) is 17.9 Å². The quantitative estimate of drug-likeness (QED) is 0.463. The van der Waals surface area contributed by atoms with Crippen LogP contribution in [0, 0.1) is 0 Å². The first kappa shape index (κ1) is 24.4. The van der Waals surface area contributed by atoms with Crippen molar-refractivity contribution in [3.8, 4) is 23.0 Å². The van der Waals surface area contributed by atoms with Gasteiger partial charge in [-0.3, -0.25) is 9.69 Å². The molecule has 0 saturated carbocycles. The van der Waals surface area contributed by atoms with E-state index in [1.807, 2.05) is 48.5 Å². The molecule has 4 rings (SSSR count). The molecule has 1 N–H and O–H groups in total. The zero-order chi connectivity index (χ0) is 24.9. The molecule has 0 saturated heterocycles. The number of hydrogen-bond donors (Lipinski definition) is 1. The van der Waals surface area contributed by atoms with Crippen molar-refractivity contribution >= 4 is 5.97 Å². The summed E-state index contributed by atoms with van der Waals surface area (Å²) in [5, 5.41) is 9.92. The summed E-state index contributed by atoms with van der Waals surface area (Å²) in [4.78, 5) is 14.4. The molecule has 7 heteroatoms. The molecule has 0 radical (unpaired) electrons. The molecule has 0 unspecified atom stereocenters. The molecule has 1 aliphatic heterocycles. The molecule has 0 spiro atoms. The molecule has 0 aromatic heterocycles. The van der Waals surface area contributed by atoms with Crippen LogP contribution in [0.2, 0.25) is 0 Å². The molecule has 0 fully saturated rings. The number of ether oxygens (including phenoxy) is 4. The maximum Gasteiger partial charge on any atom is 0.304 e. The number of benzene rings is 3. The minimum absolute atomic E-state index is 0.0349. The van der Waals surface area contributed by atoms with E-state index in [9.17, 15) is 9.90 Å². The maximum absolute atomic E-state index is 12.1. The van der Waals surface area contributed by atoms with Gasteiger partial charge in [-0.25, -0.2) is 0 Å². The van der Waals surface area contributed by atoms with Crippen LogP contribution in [0.25, 0.3) is 0 Å². The van der Waals surface area contributed by atoms with Gasteiger partial charge >= 0.3 is 5.97 Å². The van der Waals surface area contributed by atoms with Crippen molar-refractivity contribution in [1.29, 1.82) is 0 Å². The van der Waals surface area contributed by atoms with Gasteiger partial charge in [-0.15, -0.1) is 0 Å². The number of rotatable bonds is 9. The molecular formula is C28H31NO6. The third-order valence-corrected chi connectivity index (χ3v) is 6.56. The normalized spacial score (nSPS) is 17.4. The fourth-order valence-corrected chi connectivity index (χ4v) is 5.02. The summed E-state index contributed by atoms with van der Waals surface area (Å²) in [6, 6.07) is 19.7. The highest BCUT2D eigenvalue weighted by molar-refractivity contribution is 5.69. The Morgan fingerprint density at radius 2 is 1.49 bits per heavy atom. The van der Waals surface area contributed by atoms with Crippen LogP contribution in [0.3, 0.4) is 0 Å². The summed E-state index contributed by atoms with van der Waals surface area (Å²) in [5.41, 5.74) is 4.09. The Balaban J connectivity index is 1.89. The summed E-state index contributed by atoms with van der Waals surface area (Å²) in [6.45, 7) is 1.28. The molecule has 3 aromatic rings. The SMILES string of the molecule is COc1ccc([C@H]2[C@H](CC(=O)O)c3cc(OC)c(OC)cc3CN2Cc2ccccc2)cc1OC. The van der Waals surface area contributed by atoms with Crippen molar-refractivity contribution < 1.29 is 28.8 Å². The molecule has 0 bridgehead atoms. The zero-order valence-electron chi connectivity index (χ0n) is 20.5. The molecule has 3 aromatic carbocycles. The van der Waals surface area contributed by atoms with Gasteiger partial charge < -0.3 is 24.1 Å². The standard InChI is InChI=1S/C28H31NO6/c1-32-23-11-10-19(12-24(23)33-2)28-22(15-27(30)31)21-14-26(35-4)25(34-3)13-20(21)17-29(28)16-18-8-6-5-7-9-18/h5-14,22,28H,15-17H2,1-4H3,(H,30,31)/t22-,28+/m1/s1. The number of carboxylic acid groups (broad SMARTS) is 1. The summed E-state index contributed by atoms with van der Waals surface area (Å²) >= 11 is 0. The molecule has 2 atom stereocenters. The van der Waals surface area contributed by atoms with E-state index >= 15 is 0 Å². The zero-order valence-corrected chi connectivity index (χ0v) is 20.5. The second-order valence-corrected chi connectivity index (χ2v) is 8.56. The molecule has 1 aliphatic rings. The minimum Gasteiger partial charge on any atom is -0.493 e. The maximum atomic E-state index is 12.1. The van der Waals surface area contributed by atoms with Gasteiger partial charge in [0.1, 0.15) is 0 Å². The Labute approximate surface area is 205 Å². The van der Waals surface area contributed by atoms with Crippen LogP contribution in [0.15, 0.2) is 60.7 Å². The average molecular weight is 478 g/mol. The molecule has 0 amide bonds. The van der Waals surface area contributed by atoms with Gasteiger partial charge in [-0.2, -0.15) is 0 Å². The van der Waals surface area contributed by atoms with Crippen molar-refractivity contribution in [2.75, 3.05) is 28.4 Å². The average Bonchev–Trinajstić information content (AvgIpc) is 2.88. The Hall–Kier alpha value is -3.71. The summed E-state index contributed by atoms with van der Waals surface area (Å²) in [5.74, 6) is 1.27. The Kier molecular flexibility index (Phi) is 7.46. The van der Waals surface area contributed by atoms with Crippen LogP contribution in [0.5, 0.6) is 23.0 Å². The van der Waals surface area contributed by atoms with Gasteiger partial charge in [0, 0.05) is 25.0 Å². The van der Waals surface area contributed by atoms with E-state index in [1.54, 1.807) is 28.4 Å². The van der Waals surface area contributed by atoms with Gasteiger partial charge in [0.15, 0.2) is 23.0 Å². The monoisotopic (exact) mass is 477 g/mol. The lowest BCUT2D eigenvalue weighted by Crippen LogP contribution is -2.37. The second kappa shape index (κ2) is 10.7. The third-order valence-electron chi connectivity index (χ3n) is 6.56. The third kappa shape index (κ3) is 5.05. The van der Waals surface area contributed by atoms with E-state index in [2.05, 4.69) is 17.0 Å². The summed E-state index contributed by atoms with van der Waals surface area (Å²) in [6.07, 6.45) is -0.0349. The highest BCUT2D eigenvalue weighted by Gasteiger charge is 2.38. The number of carbonyl (C=O) groups is 1. The van der Waals surface area contributed by atoms with Crippen molar-refractivity contribution in [2.24, 2.45) is 0 Å². The number of fused-ring (bicyclic) bond motifs is 1. The van der Waals surface area contributed by atoms with Crippen LogP contribution >= 0.6 is 0 Å². The Morgan fingerprint density at radius 1 is 0.857 bits per heavy atom. The topological polar surface area (TPSA) is 77.5 Å². The first-order valence-corrected chi connectivity index (χ1v) is 11.5. The fourth-order valence-electron chi connectivity index (χ4n) is 5.02. The van der Waals surface area contributed by atoms with Gasteiger partial charge in [0.2, 0.25) is 0 Å². The van der Waals surface area contributed by atoms with Crippen LogP contribution < -0.4 is 18.9 Å². The van der Waals surface area contributed by atoms with Gasteiger partial charge in [-0.05, 0) is 46.5 Å². The Morgan fingerprint density at radius 3 is 2.11 bits per heavy atom. The summed E-state index contributed by atoms with van der Waals surface area (Å²) in [7, 11) is 6.40. The highest BCUT2D eigenvalue weighted by Crippen LogP contribution is 2.49. The van der Waals surface area contributed by atoms with Crippen LogP contribution in [0.4, 0.5) is 0 Å². The molecule has 1 heterocycles. The first-order valence-electron chi connectivity index (χ1n) is 11.5. The molecule has 184 valence electrons. The predicted octanol–water partition coefficient (Wildman–Crippen LogP) is 5.04. The van der Waals surface area contributed by atoms with Crippen molar-refractivity contribution in [1.82, 2.24) is 4.90 Å². The highest BCUT2D eigenvalue weighted by atomic mass is 16.5. The Bertz CT molecular complexity index is 1180. The number of carboxylic acids is 1. The minimum atomic E-state index is -0.859. The summed E-state index contributed by atoms with van der Waals surface area (Å²) < 4.78 is 22.1. The van der Waals surface area contributed by atoms with E-state index < -0.39 is 5.97 Å². The van der Waals surface area contributed by atoms with Gasteiger partial charge in [-0.1, -0.05) is 36.4 Å². The van der Waals surface area contributed by atoms with E-state index in [1.165, 1.54) is 0 Å². The van der Waals surface area contributed by atoms with E-state index in [0.29, 0.717) is 36.1 Å². The largest absolute Gasteiger partial charge is 0.493 e. The number of hydrogen-bond acceptors (Lipinski definition) is 6. The molecule has 0 aliphatic carbocycles. The lowest BCUT2D eigenvalue weighted by Gasteiger charge is -2.43. The number of aliphatic carboxylic acids is 1. The second-order valence-electron chi connectivity index (χ2n) is 8.56. The van der Waals surface area contributed by atoms with Gasteiger partial charge in [0.05, 0.1) is 34.9 Å². The first-order chi connectivity index (χ1) is 17.0. The molecular weight excluding hydrogens is 446 g/mol. The van der Waals surface area contributed by atoms with E-state index in [0.717, 1.165) is 22.3 Å². The van der Waals surface area contributed by atoms with Crippen molar-refractivity contribution in [2.45, 2.75) is 31.5 Å². The lowest BCUT2D eigenvalue weighted by molar-refractivity contribution is -0.138. The number of methoxy groups -OCH3 is 4. The smallest absolute Gasteiger partial charge is 0.304 e. The van der Waals surface area contributed by atoms with Crippen LogP contribution in [0.1, 0.15) is 40.6 Å². The van der Waals surface area contributed by atoms with Gasteiger partial charge in [0.25, 0.3) is 0 Å². The number of nitrogens with zero attached hydrogens (tertiary/aromatic N) is 1. The van der Waals surface area contributed by atoms with Crippen molar-refractivity contribution in [3.05, 3.63) is 82.9 Å². The lowest BCUT2D eigenvalue weighted by atomic mass is 9.77. The fraction of sp³-hybridized carbons (Fsp3) is 0.321. The predicted molar refractivity (Wildman–Crippen MR) is 133 cm³/mol. The van der Waals surface area contributed by atoms with E-state index in [-0.39, 0.29) is 18.4 Å². The van der Waals surface area contributed by atoms with Crippen LogP contribution in [-0.4, -0.2) is 44.4 Å².